The normalized spacial score (nSPS) is 15.9. The topological polar surface area (TPSA) is 34.1 Å². The molecule has 0 spiro atoms. The molecule has 0 unspecified atom stereocenters. The highest BCUT2D eigenvalue weighted by Gasteiger charge is 2.50. The molecule has 0 fully saturated rings. The molecule has 0 radical (unpaired) electrons. The Morgan fingerprint density at radius 1 is 0.538 bits per heavy atom. The fraction of sp³-hybridized carbons (Fsp3) is 0.600. The van der Waals surface area contributed by atoms with Crippen LogP contribution in [0.5, 0.6) is 0 Å². The summed E-state index contributed by atoms with van der Waals surface area (Å²) in [4.78, 5) is 3.23. The number of fused-ring (bicyclic) bond motifs is 7. The quantitative estimate of drug-likeness (QED) is 0.156. The van der Waals surface area contributed by atoms with E-state index in [-0.39, 0.29) is 0 Å². The number of hydrogen-bond donors (Lipinski definition) is 0. The molecule has 4 aromatic heterocycles. The second-order valence-corrected chi connectivity index (χ2v) is 31.9. The van der Waals surface area contributed by atoms with Gasteiger partial charge < -0.3 is 0 Å². The predicted octanol–water partition coefficient (Wildman–Crippen LogP) is 10.8. The van der Waals surface area contributed by atoms with Crippen LogP contribution in [0.15, 0.2) is 21.9 Å². The number of sulfone groups is 1. The summed E-state index contributed by atoms with van der Waals surface area (Å²) in [5, 5.41) is 0. The summed E-state index contributed by atoms with van der Waals surface area (Å²) in [7, 11) is -7.19. The molecule has 5 heterocycles. The average molecular weight is 653 g/mol. The maximum atomic E-state index is 14.1. The van der Waals surface area contributed by atoms with Crippen LogP contribution in [-0.2, 0) is 9.84 Å². The molecule has 0 saturated heterocycles. The third kappa shape index (κ3) is 3.85. The van der Waals surface area contributed by atoms with E-state index in [1.165, 1.54) is 18.6 Å². The molecule has 214 valence electrons. The molecule has 4 aromatic rings. The highest BCUT2D eigenvalue weighted by Crippen LogP contribution is 2.58. The average Bonchev–Trinajstić information content (AvgIpc) is 3.54. The summed E-state index contributed by atoms with van der Waals surface area (Å²) >= 11 is 7.27. The molecule has 1 aliphatic rings. The van der Waals surface area contributed by atoms with Crippen LogP contribution >= 0.6 is 45.3 Å². The Labute approximate surface area is 253 Å². The van der Waals surface area contributed by atoms with Crippen LogP contribution in [0.2, 0.25) is 33.2 Å². The minimum atomic E-state index is -3.50. The molecule has 5 rings (SSSR count). The molecule has 0 N–H and O–H groups in total. The lowest BCUT2D eigenvalue weighted by molar-refractivity contribution is 0.600. The second kappa shape index (κ2) is 9.88. The highest BCUT2D eigenvalue weighted by atomic mass is 32.2. The minimum Gasteiger partial charge on any atom is -0.218 e. The van der Waals surface area contributed by atoms with Crippen molar-refractivity contribution in [3.63, 3.8) is 0 Å². The lowest BCUT2D eigenvalue weighted by atomic mass is 10.4. The van der Waals surface area contributed by atoms with E-state index in [9.17, 15) is 8.42 Å². The van der Waals surface area contributed by atoms with Gasteiger partial charge in [-0.3, -0.25) is 0 Å². The highest BCUT2D eigenvalue weighted by molar-refractivity contribution is 7.93. The van der Waals surface area contributed by atoms with Crippen LogP contribution in [-0.4, -0.2) is 24.6 Å². The molecular weight excluding hydrogens is 609 g/mol. The van der Waals surface area contributed by atoms with Gasteiger partial charge in [0, 0.05) is 4.70 Å². The van der Waals surface area contributed by atoms with Crippen molar-refractivity contribution in [3.05, 3.63) is 12.1 Å². The molecule has 0 saturated carbocycles. The van der Waals surface area contributed by atoms with E-state index >= 15 is 0 Å². The van der Waals surface area contributed by atoms with Crippen LogP contribution in [0.25, 0.3) is 28.6 Å². The molecule has 39 heavy (non-hydrogen) atoms. The van der Waals surface area contributed by atoms with E-state index in [1.807, 2.05) is 22.7 Å². The van der Waals surface area contributed by atoms with Crippen molar-refractivity contribution in [1.29, 1.82) is 0 Å². The van der Waals surface area contributed by atoms with E-state index < -0.39 is 26.0 Å². The first-order valence-electron chi connectivity index (χ1n) is 14.4. The fourth-order valence-corrected chi connectivity index (χ4v) is 35.3. The molecule has 1 aliphatic heterocycles. The molecule has 9 heteroatoms. The summed E-state index contributed by atoms with van der Waals surface area (Å²) in [5.41, 5.74) is 3.65. The van der Waals surface area contributed by atoms with Crippen molar-refractivity contribution in [2.75, 3.05) is 0 Å². The maximum Gasteiger partial charge on any atom is 0.210 e. The van der Waals surface area contributed by atoms with Gasteiger partial charge in [-0.1, -0.05) is 83.1 Å². The third-order valence-electron chi connectivity index (χ3n) is 9.99. The Balaban J connectivity index is 1.73. The van der Waals surface area contributed by atoms with E-state index in [0.717, 1.165) is 14.5 Å². The molecule has 0 atom stereocenters. The van der Waals surface area contributed by atoms with E-state index in [1.54, 1.807) is 27.2 Å². The Hall–Kier alpha value is -0.296. The monoisotopic (exact) mass is 652 g/mol. The zero-order chi connectivity index (χ0) is 29.0. The Morgan fingerprint density at radius 2 is 1.00 bits per heavy atom. The fourth-order valence-electron chi connectivity index (χ4n) is 8.73. The Bertz CT molecular complexity index is 1610. The Morgan fingerprint density at radius 3 is 1.46 bits per heavy atom. The molecule has 0 bridgehead atoms. The van der Waals surface area contributed by atoms with Crippen molar-refractivity contribution in [3.8, 4) is 9.75 Å². The number of hydrogen-bond acceptors (Lipinski definition) is 6. The molecule has 0 amide bonds. The van der Waals surface area contributed by atoms with Crippen molar-refractivity contribution < 1.29 is 8.42 Å². The van der Waals surface area contributed by atoms with Gasteiger partial charge in [-0.05, 0) is 54.4 Å². The summed E-state index contributed by atoms with van der Waals surface area (Å²) in [6.45, 7) is 28.7. The smallest absolute Gasteiger partial charge is 0.210 e. The van der Waals surface area contributed by atoms with Gasteiger partial charge in [0.15, 0.2) is 0 Å². The molecule has 0 aromatic carbocycles. The third-order valence-corrected chi connectivity index (χ3v) is 33.2. The largest absolute Gasteiger partial charge is 0.218 e. The van der Waals surface area contributed by atoms with Crippen molar-refractivity contribution in [2.24, 2.45) is 0 Å². The summed E-state index contributed by atoms with van der Waals surface area (Å²) in [5.74, 6) is 0. The molecule has 0 aliphatic carbocycles. The van der Waals surface area contributed by atoms with Gasteiger partial charge in [0.05, 0.1) is 28.7 Å². The van der Waals surface area contributed by atoms with E-state index in [2.05, 4.69) is 95.2 Å². The standard InChI is InChI=1S/C30H44O2S5Si2/c1-15(2)38(16(3)4,17(5)6)23-13-21-25(34-23)27-29(33-21)30-28(36-27)26-22(37(30,31)32)14-24(35-26)39(18(7)8,19(9)10)20(11)12/h13-20H,1-12H3. The van der Waals surface area contributed by atoms with E-state index in [0.29, 0.717) is 43.0 Å². The molecule has 2 nitrogen and oxygen atoms in total. The van der Waals surface area contributed by atoms with Crippen LogP contribution in [0.1, 0.15) is 83.1 Å². The SMILES string of the molecule is CC(C)[Si](c1cc2c(s1)-c1sc3c(sc4cc([Si](C(C)C)(C(C)C)C(C)C)sc43)c1S2(=O)=O)(C(C)C)C(C)C. The minimum absolute atomic E-state index is 0.557. The maximum absolute atomic E-state index is 14.1. The van der Waals surface area contributed by atoms with Crippen molar-refractivity contribution in [2.45, 2.75) is 126 Å². The van der Waals surface area contributed by atoms with Crippen LogP contribution in [0.4, 0.5) is 0 Å². The lowest BCUT2D eigenvalue weighted by Crippen LogP contribution is -2.54. The van der Waals surface area contributed by atoms with Gasteiger partial charge in [0.2, 0.25) is 9.84 Å². The Kier molecular flexibility index (Phi) is 7.64. The first-order valence-corrected chi connectivity index (χ1v) is 23.7. The predicted molar refractivity (Wildman–Crippen MR) is 185 cm³/mol. The first-order chi connectivity index (χ1) is 18.0. The summed E-state index contributed by atoms with van der Waals surface area (Å²) in [6, 6.07) is 4.57. The van der Waals surface area contributed by atoms with Gasteiger partial charge in [-0.25, -0.2) is 8.42 Å². The van der Waals surface area contributed by atoms with Gasteiger partial charge in [0.1, 0.15) is 21.0 Å². The van der Waals surface area contributed by atoms with Gasteiger partial charge in [-0.2, -0.15) is 0 Å². The van der Waals surface area contributed by atoms with E-state index in [4.69, 9.17) is 0 Å². The number of thiophene rings is 4. The number of rotatable bonds is 8. The second-order valence-electron chi connectivity index (χ2n) is 13.4. The lowest BCUT2D eigenvalue weighted by Gasteiger charge is -2.42. The van der Waals surface area contributed by atoms with Gasteiger partial charge in [-0.15, -0.1) is 45.3 Å². The van der Waals surface area contributed by atoms with Crippen LogP contribution in [0, 0.1) is 0 Å². The summed E-state index contributed by atoms with van der Waals surface area (Å²) in [6.07, 6.45) is 0. The summed E-state index contributed by atoms with van der Waals surface area (Å²) < 4.78 is 36.1. The van der Waals surface area contributed by atoms with Gasteiger partial charge >= 0.3 is 0 Å². The van der Waals surface area contributed by atoms with Crippen LogP contribution in [0.3, 0.4) is 0 Å². The first kappa shape index (κ1) is 30.2. The van der Waals surface area contributed by atoms with Crippen LogP contribution < -0.4 is 9.00 Å². The zero-order valence-electron chi connectivity index (χ0n) is 25.5. The molecular formula is C30H44O2S5Si2. The zero-order valence-corrected chi connectivity index (χ0v) is 31.6. The van der Waals surface area contributed by atoms with Gasteiger partial charge in [0.25, 0.3) is 0 Å². The van der Waals surface area contributed by atoms with Crippen molar-refractivity contribution >= 4 is 99.1 Å². The van der Waals surface area contributed by atoms with Crippen molar-refractivity contribution in [1.82, 2.24) is 0 Å².